The number of benzene rings is 1. The fourth-order valence-electron chi connectivity index (χ4n) is 1.81. The van der Waals surface area contributed by atoms with Crippen LogP contribution in [0.1, 0.15) is 18.4 Å². The Labute approximate surface area is 155 Å². The first-order chi connectivity index (χ1) is 10.8. The summed E-state index contributed by atoms with van der Waals surface area (Å²) in [7, 11) is 0. The van der Waals surface area contributed by atoms with Crippen molar-refractivity contribution in [1.82, 2.24) is 4.98 Å². The average molecular weight is 395 g/mol. The zero-order chi connectivity index (χ0) is 17.0. The normalized spacial score (nSPS) is 13.0. The molecular weight excluding hydrogens is 377 g/mol. The van der Waals surface area contributed by atoms with Gasteiger partial charge in [-0.3, -0.25) is 0 Å². The molecule has 0 spiro atoms. The van der Waals surface area contributed by atoms with Crippen molar-refractivity contribution in [3.63, 3.8) is 0 Å². The van der Waals surface area contributed by atoms with Crippen LogP contribution in [0.15, 0.2) is 30.3 Å². The van der Waals surface area contributed by atoms with Crippen molar-refractivity contribution in [3.05, 3.63) is 56.0 Å². The molecule has 137 valence electrons. The Balaban J connectivity index is 0.000000616. The molecule has 2 aromatic rings. The van der Waals surface area contributed by atoms with Crippen LogP contribution in [0.3, 0.4) is 0 Å². The van der Waals surface area contributed by atoms with E-state index < -0.39 is 11.7 Å². The van der Waals surface area contributed by atoms with Crippen molar-refractivity contribution >= 4 is 16.8 Å². The maximum atomic E-state index is 12.5. The predicted octanol–water partition coefficient (Wildman–Crippen LogP) is 4.89. The van der Waals surface area contributed by atoms with Crippen molar-refractivity contribution in [1.29, 1.82) is 0 Å². The Morgan fingerprint density at radius 2 is 1.92 bits per heavy atom. The second-order valence-electron chi connectivity index (χ2n) is 5.04. The van der Waals surface area contributed by atoms with E-state index in [1.165, 1.54) is 12.1 Å². The van der Waals surface area contributed by atoms with E-state index in [-0.39, 0.29) is 42.9 Å². The van der Waals surface area contributed by atoms with Crippen LogP contribution in [0.2, 0.25) is 0 Å². The summed E-state index contributed by atoms with van der Waals surface area (Å²) in [6.45, 7) is 3.72. The summed E-state index contributed by atoms with van der Waals surface area (Å²) in [5, 5.41) is 0.427. The van der Waals surface area contributed by atoms with E-state index in [1.807, 2.05) is 0 Å². The molecule has 8 heteroatoms. The molecule has 1 N–H and O–H groups in total. The first kappa shape index (κ1) is 23.2. The Kier molecular flexibility index (Phi) is 8.94. The monoisotopic (exact) mass is 395 g/mol. The molecule has 1 fully saturated rings. The van der Waals surface area contributed by atoms with Gasteiger partial charge in [-0.15, -0.1) is 0 Å². The first-order valence-electron chi connectivity index (χ1n) is 6.96. The number of nitrogens with zero attached hydrogens (tertiary/aromatic N) is 1. The third kappa shape index (κ3) is 6.92. The quantitative estimate of drug-likeness (QED) is 0.549. The molecule has 1 aromatic heterocycles. The van der Waals surface area contributed by atoms with Crippen molar-refractivity contribution in [3.8, 4) is 5.88 Å². The molecule has 0 aliphatic heterocycles. The summed E-state index contributed by atoms with van der Waals surface area (Å²) >= 11 is 0. The van der Waals surface area contributed by atoms with Gasteiger partial charge in [0.15, 0.2) is 0 Å². The van der Waals surface area contributed by atoms with Crippen LogP contribution in [0, 0.1) is 20.3 Å². The first-order valence-corrected chi connectivity index (χ1v) is 6.96. The van der Waals surface area contributed by atoms with Crippen molar-refractivity contribution in [2.75, 3.05) is 6.61 Å². The minimum Gasteiger partial charge on any atom is -0.668 e. The molecular formula is C17H18F3FeN2O2. The number of alkyl halides is 3. The molecule has 1 radical (unpaired) electrons. The largest absolute Gasteiger partial charge is 3.00 e. The number of aromatic nitrogens is 1. The number of carbonyl (C=O) groups excluding carboxylic acids is 1. The molecule has 1 heterocycles. The van der Waals surface area contributed by atoms with E-state index in [0.29, 0.717) is 16.8 Å². The van der Waals surface area contributed by atoms with Gasteiger partial charge in [-0.05, 0) is 43.7 Å². The van der Waals surface area contributed by atoms with Crippen LogP contribution >= 0.6 is 0 Å². The van der Waals surface area contributed by atoms with Gasteiger partial charge in [0.1, 0.15) is 0 Å². The second kappa shape index (κ2) is 9.63. The minimum atomic E-state index is -4.34. The number of ether oxygens (including phenoxy) is 1. The summed E-state index contributed by atoms with van der Waals surface area (Å²) in [6, 6.07) is 6.46. The van der Waals surface area contributed by atoms with Crippen LogP contribution < -0.4 is 4.74 Å². The van der Waals surface area contributed by atoms with Crippen LogP contribution in [0.25, 0.3) is 16.6 Å². The summed E-state index contributed by atoms with van der Waals surface area (Å²) in [4.78, 5) is 13.9. The molecule has 1 aliphatic carbocycles. The van der Waals surface area contributed by atoms with Crippen LogP contribution in [-0.4, -0.2) is 17.5 Å². The molecule has 25 heavy (non-hydrogen) atoms. The van der Waals surface area contributed by atoms with Gasteiger partial charge in [-0.2, -0.15) is 13.2 Å². The van der Waals surface area contributed by atoms with Gasteiger partial charge in [-0.1, -0.05) is 0 Å². The molecule has 0 atom stereocenters. The smallest absolute Gasteiger partial charge is 0.668 e. The molecule has 1 aromatic carbocycles. The third-order valence-corrected chi connectivity index (χ3v) is 3.19. The number of halogens is 3. The van der Waals surface area contributed by atoms with Gasteiger partial charge >= 0.3 is 23.2 Å². The fraction of sp³-hybridized carbons (Fsp3) is 0.294. The Bertz CT molecular complexity index is 704. The maximum absolute atomic E-state index is 12.5. The van der Waals surface area contributed by atoms with Gasteiger partial charge in [0, 0.05) is 17.4 Å². The van der Waals surface area contributed by atoms with Gasteiger partial charge < -0.3 is 29.6 Å². The van der Waals surface area contributed by atoms with Gasteiger partial charge in [-0.25, -0.2) is 4.98 Å². The zero-order valence-electron chi connectivity index (χ0n) is 13.5. The average Bonchev–Trinajstić information content (AvgIpc) is 3.31. The number of hydrogen-bond acceptors (Lipinski definition) is 3. The number of rotatable bonds is 3. The topological polar surface area (TPSA) is 63.0 Å². The van der Waals surface area contributed by atoms with Gasteiger partial charge in [0.25, 0.3) is 0 Å². The van der Waals surface area contributed by atoms with E-state index in [2.05, 4.69) is 11.9 Å². The molecule has 1 amide bonds. The second-order valence-corrected chi connectivity index (χ2v) is 5.04. The van der Waals surface area contributed by atoms with Gasteiger partial charge in [0.2, 0.25) is 5.88 Å². The third-order valence-electron chi connectivity index (χ3n) is 3.19. The number of pyridine rings is 1. The molecule has 4 nitrogen and oxygen atoms in total. The number of carbonyl (C=O) groups is 1. The maximum Gasteiger partial charge on any atom is 3.00 e. The Morgan fingerprint density at radius 3 is 2.36 bits per heavy atom. The van der Waals surface area contributed by atoms with E-state index in [1.54, 1.807) is 6.07 Å². The van der Waals surface area contributed by atoms with E-state index in [0.717, 1.165) is 25.0 Å². The molecule has 1 aliphatic rings. The molecule has 0 saturated heterocycles. The van der Waals surface area contributed by atoms with Crippen LogP contribution in [-0.2, 0) is 28.0 Å². The molecule has 3 rings (SSSR count). The van der Waals surface area contributed by atoms with Crippen LogP contribution in [0.5, 0.6) is 5.88 Å². The number of amides is 1. The number of hydrogen-bond donors (Lipinski definition) is 0. The molecule has 0 unspecified atom stereocenters. The standard InChI is InChI=1S/C12H9F3NO.C4H7NO.CH3.Fe/c1-2-17-11-6-3-8-7-9(12(13,14)15)4-5-10(8)16-11;5-4(6)3-1-2-3;;/h3-7H,1-2H2;3H,1-2H2,(H2,5,6);1H3;/q-1;;-1;+3/p-1. The summed E-state index contributed by atoms with van der Waals surface area (Å²) < 4.78 is 42.5. The van der Waals surface area contributed by atoms with E-state index in [4.69, 9.17) is 10.5 Å². The Hall–Kier alpha value is -1.79. The zero-order valence-corrected chi connectivity index (χ0v) is 14.6. The summed E-state index contributed by atoms with van der Waals surface area (Å²) in [6.07, 6.45) is -2.42. The Morgan fingerprint density at radius 1 is 1.28 bits per heavy atom. The predicted molar refractivity (Wildman–Crippen MR) is 86.1 cm³/mol. The van der Waals surface area contributed by atoms with E-state index >= 15 is 0 Å². The van der Waals surface area contributed by atoms with Crippen molar-refractivity contribution in [2.24, 2.45) is 5.92 Å². The number of nitrogens with one attached hydrogen (secondary N) is 1. The van der Waals surface area contributed by atoms with E-state index in [9.17, 15) is 18.0 Å². The fourth-order valence-corrected chi connectivity index (χ4v) is 1.81. The number of fused-ring (bicyclic) bond motifs is 1. The summed E-state index contributed by atoms with van der Waals surface area (Å²) in [5.74, 6) is 0.104. The molecule has 1 saturated carbocycles. The summed E-state index contributed by atoms with van der Waals surface area (Å²) in [5.41, 5.74) is 6.24. The molecule has 0 bridgehead atoms. The van der Waals surface area contributed by atoms with Gasteiger partial charge in [0.05, 0.1) is 17.0 Å². The van der Waals surface area contributed by atoms with Crippen LogP contribution in [0.4, 0.5) is 13.2 Å². The van der Waals surface area contributed by atoms with Crippen molar-refractivity contribution in [2.45, 2.75) is 19.0 Å². The minimum absolute atomic E-state index is 0. The SMILES string of the molecule is [CH2-]COc1ccc2cc(C(F)(F)F)ccc2n1.[CH3-].[Fe+3].[NH-]C(=O)C1CC1. The van der Waals surface area contributed by atoms with Crippen molar-refractivity contribution < 1.29 is 39.8 Å².